The number of hydrogen-bond donors (Lipinski definition) is 2. The lowest BCUT2D eigenvalue weighted by Crippen LogP contribution is -2.43. The Morgan fingerprint density at radius 3 is 2.83 bits per heavy atom. The molecule has 1 aromatic carbocycles. The molecule has 3 amide bonds. The van der Waals surface area contributed by atoms with Crippen molar-refractivity contribution in [2.24, 2.45) is 0 Å². The summed E-state index contributed by atoms with van der Waals surface area (Å²) in [6.07, 6.45) is 0.345. The monoisotopic (exact) mass is 322 g/mol. The van der Waals surface area contributed by atoms with Crippen molar-refractivity contribution in [3.05, 3.63) is 35.6 Å². The average Bonchev–Trinajstić information content (AvgIpc) is 2.74. The largest absolute Gasteiger partial charge is 0.354 e. The molecule has 0 spiro atoms. The quantitative estimate of drug-likeness (QED) is 0.842. The van der Waals surface area contributed by atoms with E-state index < -0.39 is 0 Å². The Morgan fingerprint density at radius 1 is 1.35 bits per heavy atom. The standard InChI is InChI=1S/C16H23FN4O2/c1-20(12-13-2-4-14(17)5-3-13)10-7-19-16(23)21-9-6-15(22)18-8-11-21/h2-5H,6-12H2,1H3,(H,18,22)(H,19,23). The van der Waals surface area contributed by atoms with E-state index in [1.54, 1.807) is 17.0 Å². The van der Waals surface area contributed by atoms with E-state index in [2.05, 4.69) is 15.5 Å². The molecule has 1 aliphatic heterocycles. The highest BCUT2D eigenvalue weighted by molar-refractivity contribution is 5.79. The fraction of sp³-hybridized carbons (Fsp3) is 0.500. The van der Waals surface area contributed by atoms with E-state index in [9.17, 15) is 14.0 Å². The number of halogens is 1. The minimum absolute atomic E-state index is 0.0145. The highest BCUT2D eigenvalue weighted by Gasteiger charge is 2.17. The van der Waals surface area contributed by atoms with E-state index in [0.717, 1.165) is 5.56 Å². The number of carbonyl (C=O) groups excluding carboxylic acids is 2. The van der Waals surface area contributed by atoms with E-state index in [0.29, 0.717) is 45.7 Å². The predicted molar refractivity (Wildman–Crippen MR) is 85.3 cm³/mol. The molecule has 0 atom stereocenters. The number of benzene rings is 1. The lowest BCUT2D eigenvalue weighted by atomic mass is 10.2. The molecule has 0 bridgehead atoms. The van der Waals surface area contributed by atoms with E-state index in [1.807, 2.05) is 7.05 Å². The van der Waals surface area contributed by atoms with Crippen LogP contribution in [0.5, 0.6) is 0 Å². The second-order valence-corrected chi connectivity index (χ2v) is 5.68. The Labute approximate surface area is 135 Å². The van der Waals surface area contributed by atoms with Gasteiger partial charge in [0.25, 0.3) is 0 Å². The van der Waals surface area contributed by atoms with Crippen LogP contribution in [-0.4, -0.2) is 61.5 Å². The van der Waals surface area contributed by atoms with Gasteiger partial charge in [0.15, 0.2) is 0 Å². The molecule has 1 saturated heterocycles. The molecule has 1 heterocycles. The Hall–Kier alpha value is -2.15. The first-order valence-electron chi connectivity index (χ1n) is 7.77. The third-order valence-electron chi connectivity index (χ3n) is 3.74. The number of amides is 3. The highest BCUT2D eigenvalue weighted by atomic mass is 19.1. The molecule has 0 unspecified atom stereocenters. The minimum atomic E-state index is -0.242. The van der Waals surface area contributed by atoms with Crippen molar-refractivity contribution in [2.75, 3.05) is 39.8 Å². The maximum absolute atomic E-state index is 12.9. The molecule has 126 valence electrons. The van der Waals surface area contributed by atoms with Gasteiger partial charge in [-0.3, -0.25) is 4.79 Å². The van der Waals surface area contributed by atoms with Crippen LogP contribution in [-0.2, 0) is 11.3 Å². The summed E-state index contributed by atoms with van der Waals surface area (Å²) in [7, 11) is 1.95. The van der Waals surface area contributed by atoms with Gasteiger partial charge < -0.3 is 20.4 Å². The first-order valence-corrected chi connectivity index (χ1v) is 7.77. The molecule has 0 saturated carbocycles. The Kier molecular flexibility index (Phi) is 6.34. The van der Waals surface area contributed by atoms with Gasteiger partial charge in [-0.2, -0.15) is 0 Å². The second kappa shape index (κ2) is 8.47. The van der Waals surface area contributed by atoms with Crippen molar-refractivity contribution in [2.45, 2.75) is 13.0 Å². The maximum atomic E-state index is 12.9. The van der Waals surface area contributed by atoms with Crippen LogP contribution in [0, 0.1) is 5.82 Å². The second-order valence-electron chi connectivity index (χ2n) is 5.68. The third kappa shape index (κ3) is 5.86. The van der Waals surface area contributed by atoms with Crippen molar-refractivity contribution in [3.8, 4) is 0 Å². The van der Waals surface area contributed by atoms with Crippen LogP contribution in [0.2, 0.25) is 0 Å². The lowest BCUT2D eigenvalue weighted by Gasteiger charge is -2.22. The molecule has 1 fully saturated rings. The van der Waals surface area contributed by atoms with Crippen LogP contribution in [0.15, 0.2) is 24.3 Å². The van der Waals surface area contributed by atoms with Gasteiger partial charge >= 0.3 is 6.03 Å². The molecule has 0 aliphatic carbocycles. The Morgan fingerprint density at radius 2 is 2.09 bits per heavy atom. The van der Waals surface area contributed by atoms with Gasteiger partial charge in [0.2, 0.25) is 5.91 Å². The number of carbonyl (C=O) groups is 2. The smallest absolute Gasteiger partial charge is 0.317 e. The van der Waals surface area contributed by atoms with Crippen LogP contribution in [0.4, 0.5) is 9.18 Å². The van der Waals surface area contributed by atoms with Crippen molar-refractivity contribution in [1.29, 1.82) is 0 Å². The van der Waals surface area contributed by atoms with Gasteiger partial charge in [-0.15, -0.1) is 0 Å². The van der Waals surface area contributed by atoms with Crippen LogP contribution < -0.4 is 10.6 Å². The molecule has 23 heavy (non-hydrogen) atoms. The van der Waals surface area contributed by atoms with Gasteiger partial charge in [-0.05, 0) is 24.7 Å². The zero-order valence-electron chi connectivity index (χ0n) is 13.3. The fourth-order valence-electron chi connectivity index (χ4n) is 2.42. The van der Waals surface area contributed by atoms with Crippen molar-refractivity contribution < 1.29 is 14.0 Å². The zero-order chi connectivity index (χ0) is 16.7. The Bertz CT molecular complexity index is 535. The molecule has 2 rings (SSSR count). The lowest BCUT2D eigenvalue weighted by molar-refractivity contribution is -0.120. The minimum Gasteiger partial charge on any atom is -0.354 e. The maximum Gasteiger partial charge on any atom is 0.317 e. The molecule has 0 radical (unpaired) electrons. The van der Waals surface area contributed by atoms with Crippen molar-refractivity contribution in [1.82, 2.24) is 20.4 Å². The molecule has 0 aromatic heterocycles. The molecule has 1 aliphatic rings. The van der Waals surface area contributed by atoms with Crippen molar-refractivity contribution >= 4 is 11.9 Å². The number of urea groups is 1. The first-order chi connectivity index (χ1) is 11.0. The fourth-order valence-corrected chi connectivity index (χ4v) is 2.42. The topological polar surface area (TPSA) is 64.7 Å². The summed E-state index contributed by atoms with van der Waals surface area (Å²) in [5, 5.41) is 5.61. The molecular formula is C16H23FN4O2. The number of nitrogens with one attached hydrogen (secondary N) is 2. The highest BCUT2D eigenvalue weighted by Crippen LogP contribution is 2.05. The predicted octanol–water partition coefficient (Wildman–Crippen LogP) is 0.789. The van der Waals surface area contributed by atoms with Gasteiger partial charge in [0.1, 0.15) is 5.82 Å². The van der Waals surface area contributed by atoms with Crippen LogP contribution >= 0.6 is 0 Å². The molecule has 1 aromatic rings. The summed E-state index contributed by atoms with van der Waals surface area (Å²) in [5.41, 5.74) is 1.03. The zero-order valence-corrected chi connectivity index (χ0v) is 13.3. The van der Waals surface area contributed by atoms with Gasteiger partial charge in [0.05, 0.1) is 0 Å². The summed E-state index contributed by atoms with van der Waals surface area (Å²) in [6, 6.07) is 6.26. The summed E-state index contributed by atoms with van der Waals surface area (Å²) in [5.74, 6) is -0.256. The molecule has 2 N–H and O–H groups in total. The number of rotatable bonds is 5. The summed E-state index contributed by atoms with van der Waals surface area (Å²) in [6.45, 7) is 3.38. The van der Waals surface area contributed by atoms with Crippen LogP contribution in [0.1, 0.15) is 12.0 Å². The first kappa shape index (κ1) is 17.2. The van der Waals surface area contributed by atoms with Crippen molar-refractivity contribution in [3.63, 3.8) is 0 Å². The molecule has 6 nitrogen and oxygen atoms in total. The van der Waals surface area contributed by atoms with E-state index in [4.69, 9.17) is 0 Å². The summed E-state index contributed by atoms with van der Waals surface area (Å²) >= 11 is 0. The Balaban J connectivity index is 1.68. The third-order valence-corrected chi connectivity index (χ3v) is 3.74. The molecular weight excluding hydrogens is 299 g/mol. The molecule has 7 heteroatoms. The van der Waals surface area contributed by atoms with Crippen LogP contribution in [0.3, 0.4) is 0 Å². The van der Waals surface area contributed by atoms with Gasteiger partial charge in [-0.1, -0.05) is 12.1 Å². The van der Waals surface area contributed by atoms with Gasteiger partial charge in [0, 0.05) is 45.7 Å². The van der Waals surface area contributed by atoms with E-state index in [-0.39, 0.29) is 17.8 Å². The number of nitrogens with zero attached hydrogens (tertiary/aromatic N) is 2. The average molecular weight is 322 g/mol. The summed E-state index contributed by atoms with van der Waals surface area (Å²) < 4.78 is 12.9. The number of likely N-dealkylation sites (N-methyl/N-ethyl adjacent to an activating group) is 1. The SMILES string of the molecule is CN(CCNC(=O)N1CCNC(=O)CC1)Cc1ccc(F)cc1. The number of hydrogen-bond acceptors (Lipinski definition) is 3. The van der Waals surface area contributed by atoms with E-state index >= 15 is 0 Å². The van der Waals surface area contributed by atoms with Crippen LogP contribution in [0.25, 0.3) is 0 Å². The normalized spacial score (nSPS) is 15.3. The van der Waals surface area contributed by atoms with Gasteiger partial charge in [-0.25, -0.2) is 9.18 Å². The summed E-state index contributed by atoms with van der Waals surface area (Å²) in [4.78, 5) is 27.0. The van der Waals surface area contributed by atoms with E-state index in [1.165, 1.54) is 12.1 Å².